The lowest BCUT2D eigenvalue weighted by atomic mass is 10.0. The molecule has 0 saturated heterocycles. The number of hydrogen-bond acceptors (Lipinski definition) is 5. The number of benzene rings is 8. The van der Waals surface area contributed by atoms with Crippen LogP contribution >= 0.6 is 0 Å². The molecule has 0 saturated carbocycles. The summed E-state index contributed by atoms with van der Waals surface area (Å²) in [6.07, 6.45) is 0. The van der Waals surface area contributed by atoms with E-state index in [1.807, 2.05) is 54.6 Å². The summed E-state index contributed by atoms with van der Waals surface area (Å²) < 4.78 is 19.4. The van der Waals surface area contributed by atoms with Gasteiger partial charge in [0.15, 0.2) is 5.58 Å². The molecule has 0 aliphatic rings. The first-order chi connectivity index (χ1) is 25.8. The third kappa shape index (κ3) is 4.39. The Bertz CT molecular complexity index is 3130. The summed E-state index contributed by atoms with van der Waals surface area (Å²) in [5.74, 6) is 0.572. The van der Waals surface area contributed by atoms with E-state index in [1.165, 1.54) is 5.56 Å². The number of fused-ring (bicyclic) bond motifs is 9. The normalized spacial score (nSPS) is 11.8. The second-order valence-corrected chi connectivity index (χ2v) is 13.1. The fourth-order valence-electron chi connectivity index (χ4n) is 7.71. The molecule has 11 rings (SSSR count). The van der Waals surface area contributed by atoms with Gasteiger partial charge >= 0.3 is 0 Å². The van der Waals surface area contributed by atoms with E-state index in [9.17, 15) is 0 Å². The van der Waals surface area contributed by atoms with E-state index in [2.05, 4.69) is 120 Å². The lowest BCUT2D eigenvalue weighted by molar-refractivity contribution is 0.620. The van der Waals surface area contributed by atoms with Crippen LogP contribution in [0.1, 0.15) is 0 Å². The molecule has 11 aromatic rings. The first kappa shape index (κ1) is 28.7. The van der Waals surface area contributed by atoms with E-state index in [0.717, 1.165) is 93.9 Å². The van der Waals surface area contributed by atoms with Gasteiger partial charge in [-0.2, -0.15) is 0 Å². The van der Waals surface area contributed by atoms with Gasteiger partial charge in [-0.3, -0.25) is 0 Å². The first-order valence-electron chi connectivity index (χ1n) is 17.4. The van der Waals surface area contributed by atoms with Gasteiger partial charge in [0.25, 0.3) is 0 Å². The fraction of sp³-hybridized carbons (Fsp3) is 0. The van der Waals surface area contributed by atoms with Crippen LogP contribution in [-0.2, 0) is 0 Å². The Morgan fingerprint density at radius 2 is 1.08 bits per heavy atom. The van der Waals surface area contributed by atoms with Gasteiger partial charge in [0.1, 0.15) is 27.8 Å². The van der Waals surface area contributed by atoms with Crippen LogP contribution in [0, 0.1) is 0 Å². The maximum atomic E-state index is 6.63. The van der Waals surface area contributed by atoms with Crippen LogP contribution in [0.15, 0.2) is 183 Å². The highest BCUT2D eigenvalue weighted by molar-refractivity contribution is 6.15. The van der Waals surface area contributed by atoms with Gasteiger partial charge in [-0.05, 0) is 77.2 Å². The molecule has 0 N–H and O–H groups in total. The molecule has 0 aliphatic heterocycles. The minimum Gasteiger partial charge on any atom is -0.456 e. The number of anilines is 3. The van der Waals surface area contributed by atoms with Crippen molar-refractivity contribution in [1.29, 1.82) is 0 Å². The van der Waals surface area contributed by atoms with Crippen LogP contribution in [0.2, 0.25) is 0 Å². The zero-order valence-corrected chi connectivity index (χ0v) is 27.8. The highest BCUT2D eigenvalue weighted by Crippen LogP contribution is 2.45. The average Bonchev–Trinajstić information content (AvgIpc) is 3.92. The van der Waals surface area contributed by atoms with E-state index in [0.29, 0.717) is 5.89 Å². The minimum absolute atomic E-state index is 0.572. The summed E-state index contributed by atoms with van der Waals surface area (Å²) in [5, 5.41) is 6.30. The topological polar surface area (TPSA) is 55.6 Å². The van der Waals surface area contributed by atoms with Crippen LogP contribution in [0.4, 0.5) is 17.1 Å². The van der Waals surface area contributed by atoms with Crippen LogP contribution < -0.4 is 4.90 Å². The highest BCUT2D eigenvalue weighted by atomic mass is 16.4. The Morgan fingerprint density at radius 3 is 1.96 bits per heavy atom. The molecule has 0 radical (unpaired) electrons. The molecular weight excluding hydrogens is 641 g/mol. The van der Waals surface area contributed by atoms with Gasteiger partial charge in [-0.25, -0.2) is 4.98 Å². The minimum atomic E-state index is 0.572. The Labute approximate surface area is 297 Å². The van der Waals surface area contributed by atoms with Gasteiger partial charge in [0, 0.05) is 44.5 Å². The van der Waals surface area contributed by atoms with Crippen LogP contribution in [0.5, 0.6) is 0 Å². The number of para-hydroxylation sites is 1. The Balaban J connectivity index is 1.10. The summed E-state index contributed by atoms with van der Waals surface area (Å²) in [5.41, 5.74) is 11.1. The van der Waals surface area contributed by atoms with E-state index >= 15 is 0 Å². The summed E-state index contributed by atoms with van der Waals surface area (Å²) in [4.78, 5) is 7.32. The molecule has 5 heteroatoms. The molecule has 0 fully saturated rings. The van der Waals surface area contributed by atoms with E-state index in [4.69, 9.17) is 18.2 Å². The van der Waals surface area contributed by atoms with Gasteiger partial charge in [-0.1, -0.05) is 103 Å². The summed E-state index contributed by atoms with van der Waals surface area (Å²) in [6.45, 7) is 0. The third-order valence-corrected chi connectivity index (χ3v) is 10.1. The van der Waals surface area contributed by atoms with Gasteiger partial charge in [0.05, 0.1) is 11.1 Å². The molecular formula is C47H28N2O3. The Kier molecular flexibility index (Phi) is 6.18. The Morgan fingerprint density at radius 1 is 0.404 bits per heavy atom. The lowest BCUT2D eigenvalue weighted by Crippen LogP contribution is -2.10. The molecule has 0 spiro atoms. The van der Waals surface area contributed by atoms with Gasteiger partial charge < -0.3 is 18.2 Å². The number of furan rings is 2. The molecule has 0 bridgehead atoms. The molecule has 244 valence electrons. The number of rotatable bonds is 5. The smallest absolute Gasteiger partial charge is 0.228 e. The van der Waals surface area contributed by atoms with Crippen LogP contribution in [-0.4, -0.2) is 4.98 Å². The number of nitrogens with zero attached hydrogens (tertiary/aromatic N) is 2. The van der Waals surface area contributed by atoms with Crippen LogP contribution in [0.3, 0.4) is 0 Å². The number of oxazole rings is 1. The lowest BCUT2D eigenvalue weighted by Gasteiger charge is -2.26. The molecule has 0 amide bonds. The SMILES string of the molecule is c1ccc(-c2ccc(N(c3ccc4c(c3)oc3cccc(-c5nc6c(ccc7ccccc76)o5)c34)c3cccc4oc5ccccc5c34)cc2)cc1. The highest BCUT2D eigenvalue weighted by Gasteiger charge is 2.22. The molecule has 3 aromatic heterocycles. The summed E-state index contributed by atoms with van der Waals surface area (Å²) in [7, 11) is 0. The monoisotopic (exact) mass is 668 g/mol. The molecule has 0 unspecified atom stereocenters. The molecule has 0 atom stereocenters. The van der Waals surface area contributed by atoms with E-state index in [-0.39, 0.29) is 0 Å². The van der Waals surface area contributed by atoms with E-state index < -0.39 is 0 Å². The maximum Gasteiger partial charge on any atom is 0.228 e. The Hall–Kier alpha value is -7.11. The van der Waals surface area contributed by atoms with Crippen molar-refractivity contribution in [1.82, 2.24) is 4.98 Å². The van der Waals surface area contributed by atoms with Gasteiger partial charge in [-0.15, -0.1) is 0 Å². The van der Waals surface area contributed by atoms with Crippen molar-refractivity contribution < 1.29 is 13.3 Å². The zero-order chi connectivity index (χ0) is 34.2. The number of hydrogen-bond donors (Lipinski definition) is 0. The van der Waals surface area contributed by atoms with Crippen molar-refractivity contribution in [2.45, 2.75) is 0 Å². The molecule has 3 heterocycles. The first-order valence-corrected chi connectivity index (χ1v) is 17.4. The molecule has 5 nitrogen and oxygen atoms in total. The van der Waals surface area contributed by atoms with Crippen molar-refractivity contribution in [2.24, 2.45) is 0 Å². The second kappa shape index (κ2) is 11.2. The van der Waals surface area contributed by atoms with Crippen LogP contribution in [0.25, 0.3) is 88.3 Å². The largest absolute Gasteiger partial charge is 0.456 e. The van der Waals surface area contributed by atoms with Crippen molar-refractivity contribution in [2.75, 3.05) is 4.90 Å². The van der Waals surface area contributed by atoms with E-state index in [1.54, 1.807) is 0 Å². The summed E-state index contributed by atoms with van der Waals surface area (Å²) >= 11 is 0. The molecule has 8 aromatic carbocycles. The quantitative estimate of drug-likeness (QED) is 0.183. The fourth-order valence-corrected chi connectivity index (χ4v) is 7.71. The maximum absolute atomic E-state index is 6.63. The van der Waals surface area contributed by atoms with Crippen molar-refractivity contribution in [3.8, 4) is 22.6 Å². The molecule has 52 heavy (non-hydrogen) atoms. The van der Waals surface area contributed by atoms with Crippen molar-refractivity contribution in [3.63, 3.8) is 0 Å². The predicted octanol–water partition coefficient (Wildman–Crippen LogP) is 13.6. The van der Waals surface area contributed by atoms with Crippen molar-refractivity contribution >= 4 is 82.8 Å². The second-order valence-electron chi connectivity index (χ2n) is 13.1. The summed E-state index contributed by atoms with van der Waals surface area (Å²) in [6, 6.07) is 58.5. The predicted molar refractivity (Wildman–Crippen MR) is 212 cm³/mol. The number of aromatic nitrogens is 1. The third-order valence-electron chi connectivity index (χ3n) is 10.1. The standard InChI is InChI=1S/C47H28N2O3/c1-2-10-29(11-3-1)30-20-23-32(24-21-30)49(38-16-9-19-41-45(38)35-14-6-7-17-39(35)50-41)33-25-26-36-43(28-33)51-40-18-8-15-37(44(36)40)47-48-46-34-13-5-4-12-31(34)22-27-42(46)52-47/h1-28H. The molecule has 0 aliphatic carbocycles. The van der Waals surface area contributed by atoms with Crippen molar-refractivity contribution in [3.05, 3.63) is 170 Å². The average molecular weight is 669 g/mol. The zero-order valence-electron chi connectivity index (χ0n) is 27.8. The van der Waals surface area contributed by atoms with Gasteiger partial charge in [0.2, 0.25) is 5.89 Å².